The van der Waals surface area contributed by atoms with E-state index in [0.717, 1.165) is 12.1 Å². The van der Waals surface area contributed by atoms with Gasteiger partial charge in [0.2, 0.25) is 0 Å². The molecule has 1 aromatic heterocycles. The zero-order chi connectivity index (χ0) is 21.2. The first-order valence-corrected chi connectivity index (χ1v) is 8.06. The van der Waals surface area contributed by atoms with Crippen molar-refractivity contribution in [1.82, 2.24) is 4.98 Å². The first-order valence-electron chi connectivity index (χ1n) is 8.06. The Morgan fingerprint density at radius 2 is 1.52 bits per heavy atom. The van der Waals surface area contributed by atoms with Gasteiger partial charge in [-0.25, -0.2) is 0 Å². The zero-order valence-corrected chi connectivity index (χ0v) is 14.5. The minimum absolute atomic E-state index is 0.0578. The first-order chi connectivity index (χ1) is 13.7. The molecule has 0 radical (unpaired) electrons. The number of anilines is 1. The van der Waals surface area contributed by atoms with Crippen LogP contribution in [-0.2, 0) is 0 Å². The number of nitrogens with zero attached hydrogens (tertiary/aromatic N) is 2. The van der Waals surface area contributed by atoms with Crippen LogP contribution in [0.4, 0.5) is 19.0 Å². The molecule has 0 bridgehead atoms. The molecule has 0 fully saturated rings. The Morgan fingerprint density at radius 1 is 0.931 bits per heavy atom. The molecule has 9 heteroatoms. The van der Waals surface area contributed by atoms with Crippen LogP contribution < -0.4 is 16.0 Å². The van der Waals surface area contributed by atoms with Crippen molar-refractivity contribution >= 4 is 5.82 Å². The average molecular weight is 396 g/mol. The smallest absolute Gasteiger partial charge is 0.406 e. The molecule has 0 atom stereocenters. The highest BCUT2D eigenvalue weighted by Crippen LogP contribution is 2.37. The molecule has 0 spiro atoms. The predicted octanol–water partition coefficient (Wildman–Crippen LogP) is 3.93. The number of nitriles is 2. The van der Waals surface area contributed by atoms with E-state index in [1.54, 1.807) is 30.3 Å². The topological polar surface area (TPSA) is 116 Å². The monoisotopic (exact) mass is 396 g/mol. The fourth-order valence-electron chi connectivity index (χ4n) is 2.90. The molecule has 3 N–H and O–H groups in total. The number of nitrogens with one attached hydrogen (secondary N) is 1. The lowest BCUT2D eigenvalue weighted by Crippen LogP contribution is -2.17. The van der Waals surface area contributed by atoms with E-state index in [9.17, 15) is 28.5 Å². The van der Waals surface area contributed by atoms with Crippen molar-refractivity contribution in [3.8, 4) is 40.1 Å². The molecule has 0 aliphatic heterocycles. The number of aromatic amines is 1. The maximum Gasteiger partial charge on any atom is 0.573 e. The van der Waals surface area contributed by atoms with Gasteiger partial charge in [0, 0.05) is 5.56 Å². The van der Waals surface area contributed by atoms with Crippen molar-refractivity contribution in [3.05, 3.63) is 70.0 Å². The summed E-state index contributed by atoms with van der Waals surface area (Å²) in [6.07, 6.45) is -4.81. The summed E-state index contributed by atoms with van der Waals surface area (Å²) in [6.45, 7) is 0. The van der Waals surface area contributed by atoms with E-state index in [2.05, 4.69) is 9.72 Å². The number of hydrogen-bond donors (Lipinski definition) is 2. The number of pyridine rings is 1. The molecule has 1 heterocycles. The quantitative estimate of drug-likeness (QED) is 0.696. The van der Waals surface area contributed by atoms with Crippen molar-refractivity contribution in [2.24, 2.45) is 0 Å². The second-order valence-electron chi connectivity index (χ2n) is 5.83. The number of hydrogen-bond acceptors (Lipinski definition) is 5. The number of H-pyrrole nitrogens is 1. The van der Waals surface area contributed by atoms with E-state index in [1.807, 2.05) is 6.07 Å². The number of nitrogen functional groups attached to an aromatic ring is 1. The Balaban J connectivity index is 2.22. The normalized spacial score (nSPS) is 10.8. The van der Waals surface area contributed by atoms with Crippen LogP contribution in [0.15, 0.2) is 53.3 Å². The SMILES string of the molecule is N#Cc1c(N)[nH]c(=O)c(C#N)c1-c1ccccc1-c1ccc(OC(F)(F)F)cc1. The lowest BCUT2D eigenvalue weighted by Gasteiger charge is -2.14. The number of aromatic nitrogens is 1. The lowest BCUT2D eigenvalue weighted by atomic mass is 9.90. The van der Waals surface area contributed by atoms with Gasteiger partial charge in [-0.2, -0.15) is 10.5 Å². The summed E-state index contributed by atoms with van der Waals surface area (Å²) < 4.78 is 41.0. The van der Waals surface area contributed by atoms with Crippen LogP contribution in [0, 0.1) is 22.7 Å². The largest absolute Gasteiger partial charge is 0.573 e. The van der Waals surface area contributed by atoms with Crippen molar-refractivity contribution in [2.75, 3.05) is 5.73 Å². The minimum Gasteiger partial charge on any atom is -0.406 e. The van der Waals surface area contributed by atoms with Crippen molar-refractivity contribution in [2.45, 2.75) is 6.36 Å². The second kappa shape index (κ2) is 7.41. The standard InChI is InChI=1S/C20H11F3N4O2/c21-20(22,23)29-12-7-5-11(6-8-12)13-3-1-2-4-14(13)17-15(9-24)18(26)27-19(28)16(17)10-25/h1-8H,(H3,26,27,28). The third-order valence-electron chi connectivity index (χ3n) is 4.06. The van der Waals surface area contributed by atoms with Gasteiger partial charge in [0.05, 0.1) is 0 Å². The molecule has 144 valence electrons. The molecule has 29 heavy (non-hydrogen) atoms. The van der Waals surface area contributed by atoms with Gasteiger partial charge in [-0.15, -0.1) is 13.2 Å². The molecule has 0 unspecified atom stereocenters. The number of alkyl halides is 3. The molecule has 6 nitrogen and oxygen atoms in total. The summed E-state index contributed by atoms with van der Waals surface area (Å²) in [5, 5.41) is 18.9. The highest BCUT2D eigenvalue weighted by Gasteiger charge is 2.31. The van der Waals surface area contributed by atoms with E-state index >= 15 is 0 Å². The van der Waals surface area contributed by atoms with Crippen molar-refractivity contribution in [3.63, 3.8) is 0 Å². The van der Waals surface area contributed by atoms with Gasteiger partial charge in [-0.1, -0.05) is 36.4 Å². The highest BCUT2D eigenvalue weighted by molar-refractivity contribution is 5.90. The van der Waals surface area contributed by atoms with Gasteiger partial charge in [0.25, 0.3) is 5.56 Å². The zero-order valence-electron chi connectivity index (χ0n) is 14.5. The van der Waals surface area contributed by atoms with Crippen molar-refractivity contribution in [1.29, 1.82) is 10.5 Å². The number of rotatable bonds is 3. The molecule has 3 aromatic rings. The summed E-state index contributed by atoms with van der Waals surface area (Å²) in [5.74, 6) is -0.579. The van der Waals surface area contributed by atoms with E-state index in [4.69, 9.17) is 5.73 Å². The number of benzene rings is 2. The molecule has 0 aliphatic carbocycles. The van der Waals surface area contributed by atoms with Crippen LogP contribution in [0.5, 0.6) is 5.75 Å². The summed E-state index contributed by atoms with van der Waals surface area (Å²) in [4.78, 5) is 14.4. The second-order valence-corrected chi connectivity index (χ2v) is 5.83. The first kappa shape index (κ1) is 19.5. The Hall–Kier alpha value is -4.24. The van der Waals surface area contributed by atoms with E-state index < -0.39 is 17.7 Å². The maximum atomic E-state index is 12.4. The maximum absolute atomic E-state index is 12.4. The average Bonchev–Trinajstić information content (AvgIpc) is 2.67. The molecule has 0 saturated carbocycles. The lowest BCUT2D eigenvalue weighted by molar-refractivity contribution is -0.274. The Labute approximate surface area is 162 Å². The van der Waals surface area contributed by atoms with Gasteiger partial charge in [0.1, 0.15) is 34.8 Å². The van der Waals surface area contributed by atoms with Gasteiger partial charge in [0.15, 0.2) is 0 Å². The molecule has 0 saturated heterocycles. The van der Waals surface area contributed by atoms with E-state index in [1.165, 1.54) is 12.1 Å². The highest BCUT2D eigenvalue weighted by atomic mass is 19.4. The molecule has 0 aliphatic rings. The number of halogens is 3. The van der Waals surface area contributed by atoms with E-state index in [-0.39, 0.29) is 22.5 Å². The van der Waals surface area contributed by atoms with Crippen LogP contribution in [0.2, 0.25) is 0 Å². The molecule has 2 aromatic carbocycles. The van der Waals surface area contributed by atoms with Crippen LogP contribution in [0.25, 0.3) is 22.3 Å². The third kappa shape index (κ3) is 3.89. The summed E-state index contributed by atoms with van der Waals surface area (Å²) in [5.41, 5.74) is 6.03. The minimum atomic E-state index is -4.81. The Kier molecular flexibility index (Phi) is 4.99. The molecular formula is C20H11F3N4O2. The Morgan fingerprint density at radius 3 is 2.07 bits per heavy atom. The number of nitrogens with two attached hydrogens (primary N) is 1. The van der Waals surface area contributed by atoms with Gasteiger partial charge >= 0.3 is 6.36 Å². The van der Waals surface area contributed by atoms with Crippen LogP contribution in [-0.4, -0.2) is 11.3 Å². The summed E-state index contributed by atoms with van der Waals surface area (Å²) >= 11 is 0. The molecular weight excluding hydrogens is 385 g/mol. The van der Waals surface area contributed by atoms with Crippen molar-refractivity contribution < 1.29 is 17.9 Å². The molecule has 3 rings (SSSR count). The Bertz CT molecular complexity index is 1220. The summed E-state index contributed by atoms with van der Waals surface area (Å²) in [7, 11) is 0. The van der Waals surface area contributed by atoms with Crippen LogP contribution in [0.3, 0.4) is 0 Å². The van der Waals surface area contributed by atoms with Gasteiger partial charge in [-0.05, 0) is 28.8 Å². The van der Waals surface area contributed by atoms with Gasteiger partial charge < -0.3 is 15.5 Å². The summed E-state index contributed by atoms with van der Waals surface area (Å²) in [6, 6.07) is 15.3. The van der Waals surface area contributed by atoms with Crippen LogP contribution >= 0.6 is 0 Å². The fourth-order valence-corrected chi connectivity index (χ4v) is 2.90. The predicted molar refractivity (Wildman–Crippen MR) is 98.5 cm³/mol. The molecule has 0 amide bonds. The van der Waals surface area contributed by atoms with Crippen LogP contribution in [0.1, 0.15) is 11.1 Å². The fraction of sp³-hybridized carbons (Fsp3) is 0.0500. The van der Waals surface area contributed by atoms with Gasteiger partial charge in [-0.3, -0.25) is 4.79 Å². The third-order valence-corrected chi connectivity index (χ3v) is 4.06. The number of ether oxygens (including phenoxy) is 1. The van der Waals surface area contributed by atoms with E-state index in [0.29, 0.717) is 16.7 Å².